The molecule has 24 heavy (non-hydrogen) atoms. The Morgan fingerprint density at radius 2 is 1.88 bits per heavy atom. The van der Waals surface area contributed by atoms with Gasteiger partial charge in [0.05, 0.1) is 0 Å². The maximum atomic E-state index is 12.1. The van der Waals surface area contributed by atoms with Crippen LogP contribution in [0, 0.1) is 0 Å². The van der Waals surface area contributed by atoms with Gasteiger partial charge in [-0.05, 0) is 41.9 Å². The van der Waals surface area contributed by atoms with Gasteiger partial charge in [0.15, 0.2) is 0 Å². The largest absolute Gasteiger partial charge is 0.459 e. The number of nitrogens with zero attached hydrogens (tertiary/aromatic N) is 2. The number of rotatable bonds is 7. The molecule has 5 nitrogen and oxygen atoms in total. The predicted octanol–water partition coefficient (Wildman–Crippen LogP) is 3.20. The molecule has 0 fully saturated rings. The fourth-order valence-electron chi connectivity index (χ4n) is 2.47. The Morgan fingerprint density at radius 3 is 2.58 bits per heavy atom. The van der Waals surface area contributed by atoms with Crippen LogP contribution in [0.1, 0.15) is 19.4 Å². The van der Waals surface area contributed by atoms with E-state index in [1.807, 2.05) is 24.3 Å². The van der Waals surface area contributed by atoms with Crippen LogP contribution in [0.4, 0.5) is 5.69 Å². The smallest absolute Gasteiger partial charge is 0.326 e. The Morgan fingerprint density at radius 1 is 1.17 bits per heavy atom. The minimum Gasteiger partial charge on any atom is -0.459 e. The fourth-order valence-corrected chi connectivity index (χ4v) is 2.85. The van der Waals surface area contributed by atoms with Gasteiger partial charge in [0.1, 0.15) is 13.2 Å². The Kier molecular flexibility index (Phi) is 6.61. The summed E-state index contributed by atoms with van der Waals surface area (Å²) in [7, 11) is 0. The molecule has 1 heterocycles. The normalized spacial score (nSPS) is 10.5. The molecule has 6 heteroatoms. The van der Waals surface area contributed by atoms with Crippen molar-refractivity contribution in [3.05, 3.63) is 63.0 Å². The maximum Gasteiger partial charge on any atom is 0.326 e. The first kappa shape index (κ1) is 18.3. The fraction of sp³-hybridized carbons (Fsp3) is 0.333. The molecule has 2 rings (SSSR count). The number of para-hydroxylation sites is 1. The van der Waals surface area contributed by atoms with Gasteiger partial charge in [-0.2, -0.15) is 0 Å². The molecule has 0 aliphatic heterocycles. The first-order chi connectivity index (χ1) is 11.5. The number of carbonyl (C=O) groups is 1. The highest BCUT2D eigenvalue weighted by Gasteiger charge is 2.11. The third-order valence-corrected chi connectivity index (χ3v) is 4.20. The zero-order chi connectivity index (χ0) is 17.5. The molecule has 0 saturated heterocycles. The van der Waals surface area contributed by atoms with E-state index in [1.165, 1.54) is 10.6 Å². The summed E-state index contributed by atoms with van der Waals surface area (Å²) in [6, 6.07) is 10.9. The molecule has 0 radical (unpaired) electrons. The van der Waals surface area contributed by atoms with E-state index in [0.717, 1.165) is 28.8 Å². The lowest BCUT2D eigenvalue weighted by molar-refractivity contribution is -0.145. The number of hydrogen-bond acceptors (Lipinski definition) is 4. The molecule has 0 aliphatic rings. The van der Waals surface area contributed by atoms with Crippen LogP contribution >= 0.6 is 15.9 Å². The minimum absolute atomic E-state index is 0.105. The lowest BCUT2D eigenvalue weighted by atomic mass is 10.1. The highest BCUT2D eigenvalue weighted by atomic mass is 79.9. The van der Waals surface area contributed by atoms with E-state index < -0.39 is 5.97 Å². The molecule has 0 amide bonds. The second-order valence-electron chi connectivity index (χ2n) is 5.28. The molecule has 0 atom stereocenters. The van der Waals surface area contributed by atoms with E-state index >= 15 is 0 Å². The van der Waals surface area contributed by atoms with Crippen LogP contribution in [0.5, 0.6) is 0 Å². The monoisotopic (exact) mass is 392 g/mol. The number of anilines is 1. The number of carbonyl (C=O) groups excluding carboxylic acids is 1. The Balaban J connectivity index is 2.04. The molecule has 0 saturated carbocycles. The van der Waals surface area contributed by atoms with Crippen molar-refractivity contribution in [3.63, 3.8) is 0 Å². The summed E-state index contributed by atoms with van der Waals surface area (Å²) >= 11 is 3.29. The minimum atomic E-state index is -0.440. The van der Waals surface area contributed by atoms with Gasteiger partial charge >= 0.3 is 5.97 Å². The average molecular weight is 393 g/mol. The van der Waals surface area contributed by atoms with Gasteiger partial charge in [-0.3, -0.25) is 9.59 Å². The van der Waals surface area contributed by atoms with Gasteiger partial charge in [-0.1, -0.05) is 18.2 Å². The number of benzene rings is 1. The molecule has 0 bridgehead atoms. The Labute approximate surface area is 150 Å². The van der Waals surface area contributed by atoms with Gasteiger partial charge in [0, 0.05) is 41.1 Å². The van der Waals surface area contributed by atoms with Crippen molar-refractivity contribution < 1.29 is 9.53 Å². The van der Waals surface area contributed by atoms with Gasteiger partial charge in [-0.25, -0.2) is 0 Å². The Hall–Kier alpha value is -2.08. The van der Waals surface area contributed by atoms with Crippen LogP contribution in [-0.4, -0.2) is 23.6 Å². The van der Waals surface area contributed by atoms with Crippen molar-refractivity contribution in [3.8, 4) is 0 Å². The summed E-state index contributed by atoms with van der Waals surface area (Å²) in [4.78, 5) is 26.0. The van der Waals surface area contributed by atoms with Crippen molar-refractivity contribution in [2.75, 3.05) is 18.0 Å². The summed E-state index contributed by atoms with van der Waals surface area (Å²) in [6.07, 6.45) is 1.58. The third kappa shape index (κ3) is 4.71. The van der Waals surface area contributed by atoms with Crippen LogP contribution in [0.25, 0.3) is 0 Å². The molecule has 1 aromatic heterocycles. The van der Waals surface area contributed by atoms with Gasteiger partial charge < -0.3 is 14.2 Å². The molecular weight excluding hydrogens is 372 g/mol. The van der Waals surface area contributed by atoms with Crippen LogP contribution < -0.4 is 10.5 Å². The topological polar surface area (TPSA) is 51.5 Å². The average Bonchev–Trinajstić information content (AvgIpc) is 2.58. The van der Waals surface area contributed by atoms with Crippen molar-refractivity contribution in [1.82, 2.24) is 4.57 Å². The van der Waals surface area contributed by atoms with Crippen molar-refractivity contribution in [1.29, 1.82) is 0 Å². The summed E-state index contributed by atoms with van der Waals surface area (Å²) in [5, 5.41) is 0. The second kappa shape index (κ2) is 8.68. The molecule has 0 spiro atoms. The molecule has 1 aromatic carbocycles. The lowest BCUT2D eigenvalue weighted by Crippen LogP contribution is -2.25. The van der Waals surface area contributed by atoms with E-state index in [0.29, 0.717) is 0 Å². The van der Waals surface area contributed by atoms with Crippen LogP contribution in [-0.2, 0) is 22.7 Å². The van der Waals surface area contributed by atoms with E-state index in [4.69, 9.17) is 4.74 Å². The summed E-state index contributed by atoms with van der Waals surface area (Å²) in [6.45, 7) is 6.03. The number of aromatic nitrogens is 1. The summed E-state index contributed by atoms with van der Waals surface area (Å²) in [5.74, 6) is -0.440. The summed E-state index contributed by atoms with van der Waals surface area (Å²) in [5.41, 5.74) is 1.78. The number of halogens is 1. The molecule has 2 aromatic rings. The van der Waals surface area contributed by atoms with Gasteiger partial charge in [-0.15, -0.1) is 0 Å². The molecular formula is C18H21BrN2O3. The van der Waals surface area contributed by atoms with E-state index in [2.05, 4.69) is 34.7 Å². The van der Waals surface area contributed by atoms with E-state index in [9.17, 15) is 9.59 Å². The Bertz CT molecular complexity index is 754. The molecule has 0 unspecified atom stereocenters. The highest BCUT2D eigenvalue weighted by Crippen LogP contribution is 2.21. The number of pyridine rings is 1. The number of esters is 1. The number of ether oxygens (including phenoxy) is 1. The highest BCUT2D eigenvalue weighted by molar-refractivity contribution is 9.10. The first-order valence-corrected chi connectivity index (χ1v) is 8.69. The zero-order valence-electron chi connectivity index (χ0n) is 13.9. The second-order valence-corrected chi connectivity index (χ2v) is 6.19. The number of hydrogen-bond donors (Lipinski definition) is 0. The molecule has 0 N–H and O–H groups in total. The van der Waals surface area contributed by atoms with Crippen molar-refractivity contribution in [2.45, 2.75) is 27.0 Å². The van der Waals surface area contributed by atoms with Crippen molar-refractivity contribution >= 4 is 27.6 Å². The maximum absolute atomic E-state index is 12.1. The van der Waals surface area contributed by atoms with Crippen molar-refractivity contribution in [2.24, 2.45) is 0 Å². The van der Waals surface area contributed by atoms with Gasteiger partial charge in [0.2, 0.25) is 0 Å². The SMILES string of the molecule is CCN(CC)c1ccccc1COC(=O)Cn1cc(Br)ccc1=O. The quantitative estimate of drug-likeness (QED) is 0.678. The lowest BCUT2D eigenvalue weighted by Gasteiger charge is -2.24. The molecule has 128 valence electrons. The van der Waals surface area contributed by atoms with Crippen LogP contribution in [0.3, 0.4) is 0 Å². The summed E-state index contributed by atoms with van der Waals surface area (Å²) < 4.78 is 7.43. The standard InChI is InChI=1S/C18H21BrN2O3/c1-3-20(4-2)16-8-6-5-7-14(16)13-24-18(23)12-21-11-15(19)9-10-17(21)22/h5-11H,3-4,12-13H2,1-2H3. The van der Waals surface area contributed by atoms with Crippen LogP contribution in [0.15, 0.2) is 51.9 Å². The third-order valence-electron chi connectivity index (χ3n) is 3.73. The predicted molar refractivity (Wildman–Crippen MR) is 98.2 cm³/mol. The molecule has 0 aliphatic carbocycles. The van der Waals surface area contributed by atoms with E-state index in [1.54, 1.807) is 12.3 Å². The zero-order valence-corrected chi connectivity index (χ0v) is 15.5. The van der Waals surface area contributed by atoms with Crippen LogP contribution in [0.2, 0.25) is 0 Å². The van der Waals surface area contributed by atoms with Gasteiger partial charge in [0.25, 0.3) is 5.56 Å². The van der Waals surface area contributed by atoms with E-state index in [-0.39, 0.29) is 18.7 Å². The first-order valence-electron chi connectivity index (χ1n) is 7.89.